The molecule has 1 aromatic heterocycles. The van der Waals surface area contributed by atoms with E-state index in [9.17, 15) is 9.59 Å². The summed E-state index contributed by atoms with van der Waals surface area (Å²) in [4.78, 5) is 25.5. The number of rotatable bonds is 10. The van der Waals surface area contributed by atoms with Gasteiger partial charge in [-0.1, -0.05) is 64.1 Å². The van der Waals surface area contributed by atoms with Gasteiger partial charge in [-0.15, -0.1) is 0 Å². The van der Waals surface area contributed by atoms with Crippen LogP contribution in [0.4, 0.5) is 0 Å². The zero-order valence-corrected chi connectivity index (χ0v) is 25.4. The standard InChI is InChI=1S/C35H42N2O4/c1-21(2)27-12-10-13-28(18-27)24(6)36-34(38)29-15-16-32-31(19-29)23(5)25(7)37(32)20-26-11-9-14-30(17-26)41-33(22(3)4)35(39)40-8/h9-19,21-22,24,33H,20H2,1-8H3,(H,36,38)/t24-,33-/m0/s1. The number of aromatic nitrogens is 1. The van der Waals surface area contributed by atoms with Crippen LogP contribution in [0, 0.1) is 19.8 Å². The van der Waals surface area contributed by atoms with Crippen LogP contribution in [0.3, 0.4) is 0 Å². The van der Waals surface area contributed by atoms with Crippen molar-refractivity contribution in [2.75, 3.05) is 7.11 Å². The number of fused-ring (bicyclic) bond motifs is 1. The van der Waals surface area contributed by atoms with Crippen LogP contribution in [0.1, 0.15) is 84.9 Å². The Morgan fingerprint density at radius 3 is 2.27 bits per heavy atom. The Hall–Kier alpha value is -4.06. The molecule has 0 saturated carbocycles. The monoisotopic (exact) mass is 554 g/mol. The van der Waals surface area contributed by atoms with Crippen molar-refractivity contribution < 1.29 is 19.1 Å². The first-order chi connectivity index (χ1) is 19.5. The fraction of sp³-hybridized carbons (Fsp3) is 0.371. The predicted molar refractivity (Wildman–Crippen MR) is 165 cm³/mol. The molecule has 1 heterocycles. The van der Waals surface area contributed by atoms with Gasteiger partial charge >= 0.3 is 5.97 Å². The van der Waals surface area contributed by atoms with Gasteiger partial charge in [-0.25, -0.2) is 4.79 Å². The summed E-state index contributed by atoms with van der Waals surface area (Å²) in [6, 6.07) is 22.0. The number of nitrogens with one attached hydrogen (secondary N) is 1. The molecule has 0 unspecified atom stereocenters. The zero-order chi connectivity index (χ0) is 29.8. The number of aryl methyl sites for hydroxylation is 1. The highest BCUT2D eigenvalue weighted by Gasteiger charge is 2.25. The zero-order valence-electron chi connectivity index (χ0n) is 25.4. The number of esters is 1. The molecule has 6 heteroatoms. The van der Waals surface area contributed by atoms with Crippen molar-refractivity contribution in [2.45, 2.75) is 73.1 Å². The van der Waals surface area contributed by atoms with Crippen molar-refractivity contribution in [3.8, 4) is 5.75 Å². The van der Waals surface area contributed by atoms with Crippen molar-refractivity contribution in [3.63, 3.8) is 0 Å². The van der Waals surface area contributed by atoms with Gasteiger partial charge in [0.05, 0.1) is 13.2 Å². The molecule has 0 fully saturated rings. The van der Waals surface area contributed by atoms with Gasteiger partial charge in [0.15, 0.2) is 6.10 Å². The third kappa shape index (κ3) is 6.64. The summed E-state index contributed by atoms with van der Waals surface area (Å²) in [5, 5.41) is 4.23. The summed E-state index contributed by atoms with van der Waals surface area (Å²) in [6.45, 7) is 15.1. The van der Waals surface area contributed by atoms with E-state index in [-0.39, 0.29) is 23.8 Å². The summed E-state index contributed by atoms with van der Waals surface area (Å²) in [5.74, 6) is 0.566. The molecule has 4 rings (SSSR count). The lowest BCUT2D eigenvalue weighted by Gasteiger charge is -2.20. The van der Waals surface area contributed by atoms with E-state index in [1.807, 2.05) is 63.2 Å². The second-order valence-corrected chi connectivity index (χ2v) is 11.5. The summed E-state index contributed by atoms with van der Waals surface area (Å²) >= 11 is 0. The van der Waals surface area contributed by atoms with Crippen LogP contribution in [0.2, 0.25) is 0 Å². The second kappa shape index (κ2) is 12.6. The largest absolute Gasteiger partial charge is 0.478 e. The van der Waals surface area contributed by atoms with E-state index in [1.54, 1.807) is 0 Å². The highest BCUT2D eigenvalue weighted by atomic mass is 16.6. The van der Waals surface area contributed by atoms with Crippen molar-refractivity contribution in [2.24, 2.45) is 5.92 Å². The lowest BCUT2D eigenvalue weighted by atomic mass is 9.98. The van der Waals surface area contributed by atoms with Crippen LogP contribution in [-0.4, -0.2) is 29.7 Å². The average molecular weight is 555 g/mol. The van der Waals surface area contributed by atoms with Crippen LogP contribution < -0.4 is 10.1 Å². The molecule has 4 aromatic rings. The van der Waals surface area contributed by atoms with E-state index in [4.69, 9.17) is 9.47 Å². The van der Waals surface area contributed by atoms with Crippen LogP contribution in [0.5, 0.6) is 5.75 Å². The Labute approximate surface area is 243 Å². The van der Waals surface area contributed by atoms with Gasteiger partial charge < -0.3 is 19.4 Å². The van der Waals surface area contributed by atoms with Crippen LogP contribution in [-0.2, 0) is 16.1 Å². The van der Waals surface area contributed by atoms with Crippen LogP contribution in [0.15, 0.2) is 66.7 Å². The Balaban J connectivity index is 1.55. The number of ether oxygens (including phenoxy) is 2. The minimum atomic E-state index is -0.668. The van der Waals surface area contributed by atoms with Crippen molar-refractivity contribution in [1.82, 2.24) is 9.88 Å². The van der Waals surface area contributed by atoms with Crippen molar-refractivity contribution in [3.05, 3.63) is 100 Å². The molecule has 1 N–H and O–H groups in total. The molecule has 0 bridgehead atoms. The number of hydrogen-bond donors (Lipinski definition) is 1. The fourth-order valence-electron chi connectivity index (χ4n) is 5.16. The van der Waals surface area contributed by atoms with Gasteiger partial charge in [-0.2, -0.15) is 0 Å². The number of nitrogens with zero attached hydrogens (tertiary/aromatic N) is 1. The third-order valence-corrected chi connectivity index (χ3v) is 7.87. The first kappa shape index (κ1) is 29.9. The molecular formula is C35H42N2O4. The number of carbonyl (C=O) groups is 2. The molecule has 0 saturated heterocycles. The molecule has 1 amide bonds. The van der Waals surface area contributed by atoms with E-state index in [2.05, 4.69) is 61.8 Å². The number of amides is 1. The third-order valence-electron chi connectivity index (χ3n) is 7.87. The van der Waals surface area contributed by atoms with Gasteiger partial charge in [0.25, 0.3) is 5.91 Å². The molecule has 216 valence electrons. The molecule has 0 aliphatic rings. The second-order valence-electron chi connectivity index (χ2n) is 11.5. The van der Waals surface area contributed by atoms with E-state index in [0.717, 1.165) is 33.3 Å². The van der Waals surface area contributed by atoms with E-state index in [1.165, 1.54) is 12.7 Å². The van der Waals surface area contributed by atoms with E-state index < -0.39 is 6.10 Å². The molecule has 0 aliphatic carbocycles. The number of hydrogen-bond acceptors (Lipinski definition) is 4. The minimum Gasteiger partial charge on any atom is -0.478 e. The van der Waals surface area contributed by atoms with Gasteiger partial charge in [0, 0.05) is 34.6 Å². The van der Waals surface area contributed by atoms with Crippen molar-refractivity contribution >= 4 is 22.8 Å². The predicted octanol–water partition coefficient (Wildman–Crippen LogP) is 7.50. The number of carbonyl (C=O) groups excluding carboxylic acids is 2. The molecule has 6 nitrogen and oxygen atoms in total. The highest BCUT2D eigenvalue weighted by Crippen LogP contribution is 2.29. The Kier molecular flexibility index (Phi) is 9.21. The molecule has 2 atom stereocenters. The fourth-order valence-corrected chi connectivity index (χ4v) is 5.16. The number of benzene rings is 3. The smallest absolute Gasteiger partial charge is 0.347 e. The normalized spacial score (nSPS) is 12.9. The molecule has 0 aliphatic heterocycles. The molecule has 41 heavy (non-hydrogen) atoms. The van der Waals surface area contributed by atoms with Gasteiger partial charge in [0.2, 0.25) is 0 Å². The summed E-state index contributed by atoms with van der Waals surface area (Å²) < 4.78 is 13.2. The molecule has 3 aromatic carbocycles. The topological polar surface area (TPSA) is 69.6 Å². The molecular weight excluding hydrogens is 512 g/mol. The number of methoxy groups -OCH3 is 1. The first-order valence-electron chi connectivity index (χ1n) is 14.3. The minimum absolute atomic E-state index is 0.0241. The van der Waals surface area contributed by atoms with Gasteiger partial charge in [-0.05, 0) is 79.3 Å². The Morgan fingerprint density at radius 2 is 1.59 bits per heavy atom. The quantitative estimate of drug-likeness (QED) is 0.206. The van der Waals surface area contributed by atoms with Crippen LogP contribution >= 0.6 is 0 Å². The SMILES string of the molecule is COC(=O)[C@@H](Oc1cccc(Cn2c(C)c(C)c3cc(C(=O)N[C@@H](C)c4cccc(C(C)C)c4)ccc32)c1)C(C)C. The maximum Gasteiger partial charge on any atom is 0.347 e. The average Bonchev–Trinajstić information content (AvgIpc) is 3.19. The Bertz CT molecular complexity index is 1550. The van der Waals surface area contributed by atoms with Crippen LogP contribution in [0.25, 0.3) is 10.9 Å². The van der Waals surface area contributed by atoms with E-state index in [0.29, 0.717) is 23.8 Å². The molecule has 0 radical (unpaired) electrons. The summed E-state index contributed by atoms with van der Waals surface area (Å²) in [7, 11) is 1.38. The lowest BCUT2D eigenvalue weighted by Crippen LogP contribution is -2.33. The maximum atomic E-state index is 13.3. The van der Waals surface area contributed by atoms with E-state index >= 15 is 0 Å². The highest BCUT2D eigenvalue weighted by molar-refractivity contribution is 5.99. The van der Waals surface area contributed by atoms with Crippen molar-refractivity contribution in [1.29, 1.82) is 0 Å². The molecule has 0 spiro atoms. The summed E-state index contributed by atoms with van der Waals surface area (Å²) in [6.07, 6.45) is -0.668. The maximum absolute atomic E-state index is 13.3. The summed E-state index contributed by atoms with van der Waals surface area (Å²) in [5.41, 5.74) is 7.40. The van der Waals surface area contributed by atoms with Gasteiger partial charge in [0.1, 0.15) is 5.75 Å². The first-order valence-corrected chi connectivity index (χ1v) is 14.3. The Morgan fingerprint density at radius 1 is 0.878 bits per heavy atom. The lowest BCUT2D eigenvalue weighted by molar-refractivity contribution is -0.150. The van der Waals surface area contributed by atoms with Gasteiger partial charge in [-0.3, -0.25) is 4.79 Å².